The second-order valence-corrected chi connectivity index (χ2v) is 5.11. The van der Waals surface area contributed by atoms with Crippen molar-refractivity contribution in [1.82, 2.24) is 5.43 Å². The van der Waals surface area contributed by atoms with Crippen LogP contribution in [-0.2, 0) is 9.59 Å². The zero-order chi connectivity index (χ0) is 16.8. The minimum atomic E-state index is -1.02. The number of anilines is 1. The van der Waals surface area contributed by atoms with Gasteiger partial charge in [-0.2, -0.15) is 5.10 Å². The van der Waals surface area contributed by atoms with E-state index in [0.717, 1.165) is 6.07 Å². The fourth-order valence-corrected chi connectivity index (χ4v) is 2.09. The molecule has 0 unspecified atom stereocenters. The first kappa shape index (κ1) is 16.9. The van der Waals surface area contributed by atoms with Crippen molar-refractivity contribution in [2.45, 2.75) is 0 Å². The molecule has 0 bridgehead atoms. The van der Waals surface area contributed by atoms with E-state index in [1.54, 1.807) is 18.2 Å². The van der Waals surface area contributed by atoms with Gasteiger partial charge in [0.15, 0.2) is 0 Å². The molecule has 0 aliphatic carbocycles. The summed E-state index contributed by atoms with van der Waals surface area (Å²) in [6.45, 7) is 0. The molecular formula is C15H10Cl2FN3O2. The van der Waals surface area contributed by atoms with Crippen molar-refractivity contribution in [2.75, 3.05) is 5.32 Å². The average Bonchev–Trinajstić information content (AvgIpc) is 2.50. The first-order valence-corrected chi connectivity index (χ1v) is 7.07. The van der Waals surface area contributed by atoms with Gasteiger partial charge in [-0.3, -0.25) is 9.59 Å². The van der Waals surface area contributed by atoms with E-state index in [9.17, 15) is 14.0 Å². The van der Waals surface area contributed by atoms with Crippen LogP contribution in [0.3, 0.4) is 0 Å². The molecule has 2 aromatic rings. The Hall–Kier alpha value is -2.44. The van der Waals surface area contributed by atoms with Crippen LogP contribution in [0.2, 0.25) is 10.0 Å². The molecule has 2 amide bonds. The van der Waals surface area contributed by atoms with Crippen LogP contribution in [-0.4, -0.2) is 18.0 Å². The summed E-state index contributed by atoms with van der Waals surface area (Å²) in [6.07, 6.45) is 1.22. The number of carbonyl (C=O) groups excluding carboxylic acids is 2. The number of carbonyl (C=O) groups is 2. The van der Waals surface area contributed by atoms with Gasteiger partial charge >= 0.3 is 11.8 Å². The number of nitrogens with one attached hydrogen (secondary N) is 2. The number of hydrogen-bond donors (Lipinski definition) is 2. The van der Waals surface area contributed by atoms with Crippen LogP contribution < -0.4 is 10.7 Å². The molecule has 0 atom stereocenters. The molecule has 0 radical (unpaired) electrons. The third-order valence-corrected chi connectivity index (χ3v) is 3.31. The Labute approximate surface area is 141 Å². The smallest absolute Gasteiger partial charge is 0.318 e. The van der Waals surface area contributed by atoms with Gasteiger partial charge in [-0.1, -0.05) is 35.3 Å². The second kappa shape index (κ2) is 7.71. The van der Waals surface area contributed by atoms with Gasteiger partial charge in [-0.15, -0.1) is 0 Å². The highest BCUT2D eigenvalue weighted by Gasteiger charge is 2.13. The van der Waals surface area contributed by atoms with E-state index in [-0.39, 0.29) is 5.69 Å². The standard InChI is InChI=1S/C15H10Cl2FN3O2/c16-12-5-2-6-13(17)11(12)8-19-21-15(23)14(22)20-10-4-1-3-9(18)7-10/h1-8H,(H,20,22)(H,21,23)/b19-8-. The van der Waals surface area contributed by atoms with Crippen molar-refractivity contribution in [3.8, 4) is 0 Å². The number of hydrazone groups is 1. The number of amides is 2. The number of benzene rings is 2. The molecule has 0 aliphatic rings. The highest BCUT2D eigenvalue weighted by Crippen LogP contribution is 2.21. The van der Waals surface area contributed by atoms with Crippen LogP contribution in [0.1, 0.15) is 5.56 Å². The minimum Gasteiger partial charge on any atom is -0.318 e. The Morgan fingerprint density at radius 3 is 2.35 bits per heavy atom. The number of rotatable bonds is 3. The van der Waals surface area contributed by atoms with E-state index in [4.69, 9.17) is 23.2 Å². The molecule has 0 saturated heterocycles. The summed E-state index contributed by atoms with van der Waals surface area (Å²) >= 11 is 11.9. The van der Waals surface area contributed by atoms with Crippen molar-refractivity contribution in [3.63, 3.8) is 0 Å². The topological polar surface area (TPSA) is 70.6 Å². The van der Waals surface area contributed by atoms with Gasteiger partial charge in [-0.05, 0) is 30.3 Å². The van der Waals surface area contributed by atoms with Gasteiger partial charge in [-0.25, -0.2) is 9.82 Å². The Kier molecular flexibility index (Phi) is 5.67. The Morgan fingerprint density at radius 1 is 1.04 bits per heavy atom. The van der Waals surface area contributed by atoms with E-state index < -0.39 is 17.6 Å². The van der Waals surface area contributed by atoms with E-state index in [0.29, 0.717) is 15.6 Å². The lowest BCUT2D eigenvalue weighted by molar-refractivity contribution is -0.136. The monoisotopic (exact) mass is 353 g/mol. The summed E-state index contributed by atoms with van der Waals surface area (Å²) in [5.74, 6) is -2.54. The molecule has 2 rings (SSSR count). The van der Waals surface area contributed by atoms with Gasteiger partial charge in [0, 0.05) is 11.3 Å². The molecule has 0 aromatic heterocycles. The van der Waals surface area contributed by atoms with Crippen LogP contribution in [0.5, 0.6) is 0 Å². The van der Waals surface area contributed by atoms with Crippen molar-refractivity contribution in [1.29, 1.82) is 0 Å². The lowest BCUT2D eigenvalue weighted by Crippen LogP contribution is -2.32. The molecule has 2 aromatic carbocycles. The first-order chi connectivity index (χ1) is 11.0. The molecular weight excluding hydrogens is 344 g/mol. The third-order valence-electron chi connectivity index (χ3n) is 2.65. The highest BCUT2D eigenvalue weighted by atomic mass is 35.5. The molecule has 118 valence electrons. The maximum Gasteiger partial charge on any atom is 0.329 e. The number of halogens is 3. The third kappa shape index (κ3) is 4.77. The van der Waals surface area contributed by atoms with Gasteiger partial charge in [0.2, 0.25) is 0 Å². The number of hydrogen-bond acceptors (Lipinski definition) is 3. The SMILES string of the molecule is O=C(N/N=C\c1c(Cl)cccc1Cl)C(=O)Nc1cccc(F)c1. The predicted molar refractivity (Wildman–Crippen MR) is 87.2 cm³/mol. The zero-order valence-electron chi connectivity index (χ0n) is 11.5. The maximum atomic E-state index is 13.0. The summed E-state index contributed by atoms with van der Waals surface area (Å²) in [5.41, 5.74) is 2.59. The van der Waals surface area contributed by atoms with Crippen LogP contribution >= 0.6 is 23.2 Å². The lowest BCUT2D eigenvalue weighted by atomic mass is 10.2. The molecule has 5 nitrogen and oxygen atoms in total. The molecule has 0 fully saturated rings. The van der Waals surface area contributed by atoms with E-state index in [2.05, 4.69) is 10.4 Å². The Bertz CT molecular complexity index is 761. The van der Waals surface area contributed by atoms with E-state index in [1.165, 1.54) is 24.4 Å². The summed E-state index contributed by atoms with van der Waals surface area (Å²) < 4.78 is 13.0. The zero-order valence-corrected chi connectivity index (χ0v) is 13.0. The highest BCUT2D eigenvalue weighted by molar-refractivity contribution is 6.40. The van der Waals surface area contributed by atoms with Crippen LogP contribution in [0, 0.1) is 5.82 Å². The summed E-state index contributed by atoms with van der Waals surface area (Å²) in [6, 6.07) is 10.0. The fourth-order valence-electron chi connectivity index (χ4n) is 1.59. The van der Waals surface area contributed by atoms with Crippen LogP contribution in [0.15, 0.2) is 47.6 Å². The molecule has 0 spiro atoms. The molecule has 0 aliphatic heterocycles. The van der Waals surface area contributed by atoms with Gasteiger partial charge in [0.1, 0.15) is 5.82 Å². The van der Waals surface area contributed by atoms with Crippen molar-refractivity contribution >= 4 is 46.9 Å². The fraction of sp³-hybridized carbons (Fsp3) is 0. The summed E-state index contributed by atoms with van der Waals surface area (Å²) in [4.78, 5) is 23.2. The molecule has 0 saturated carbocycles. The molecule has 23 heavy (non-hydrogen) atoms. The summed E-state index contributed by atoms with van der Waals surface area (Å²) in [7, 11) is 0. The lowest BCUT2D eigenvalue weighted by Gasteiger charge is -2.04. The minimum absolute atomic E-state index is 0.156. The second-order valence-electron chi connectivity index (χ2n) is 4.30. The van der Waals surface area contributed by atoms with Crippen LogP contribution in [0.4, 0.5) is 10.1 Å². The first-order valence-electron chi connectivity index (χ1n) is 6.31. The van der Waals surface area contributed by atoms with Crippen LogP contribution in [0.25, 0.3) is 0 Å². The molecule has 2 N–H and O–H groups in total. The number of nitrogens with zero attached hydrogens (tertiary/aromatic N) is 1. The average molecular weight is 354 g/mol. The molecule has 8 heteroatoms. The quantitative estimate of drug-likeness (QED) is 0.505. The van der Waals surface area contributed by atoms with E-state index >= 15 is 0 Å². The van der Waals surface area contributed by atoms with Crippen molar-refractivity contribution < 1.29 is 14.0 Å². The van der Waals surface area contributed by atoms with Gasteiger partial charge in [0.05, 0.1) is 16.3 Å². The Morgan fingerprint density at radius 2 is 1.70 bits per heavy atom. The molecule has 0 heterocycles. The van der Waals surface area contributed by atoms with Gasteiger partial charge in [0.25, 0.3) is 0 Å². The Balaban J connectivity index is 1.96. The normalized spacial score (nSPS) is 10.6. The van der Waals surface area contributed by atoms with Crippen molar-refractivity contribution in [2.24, 2.45) is 5.10 Å². The summed E-state index contributed by atoms with van der Waals surface area (Å²) in [5, 5.41) is 6.55. The van der Waals surface area contributed by atoms with E-state index in [1.807, 2.05) is 5.43 Å². The van der Waals surface area contributed by atoms with Crippen molar-refractivity contribution in [3.05, 3.63) is 63.9 Å². The maximum absolute atomic E-state index is 13.0. The predicted octanol–water partition coefficient (Wildman–Crippen LogP) is 3.22. The van der Waals surface area contributed by atoms with Gasteiger partial charge < -0.3 is 5.32 Å². The largest absolute Gasteiger partial charge is 0.329 e.